The summed E-state index contributed by atoms with van der Waals surface area (Å²) in [6.07, 6.45) is 3.00. The highest BCUT2D eigenvalue weighted by atomic mass is 16.5. The van der Waals surface area contributed by atoms with E-state index in [-0.39, 0.29) is 12.5 Å². The van der Waals surface area contributed by atoms with Gasteiger partial charge in [0.15, 0.2) is 0 Å². The van der Waals surface area contributed by atoms with E-state index in [9.17, 15) is 9.59 Å². The number of pyridine rings is 1. The molecule has 5 nitrogen and oxygen atoms in total. The molecule has 0 bridgehead atoms. The van der Waals surface area contributed by atoms with Crippen molar-refractivity contribution in [2.45, 2.75) is 6.92 Å². The van der Waals surface area contributed by atoms with Gasteiger partial charge in [0.05, 0.1) is 5.56 Å². The minimum atomic E-state index is -0.521. The second-order valence-corrected chi connectivity index (χ2v) is 4.21. The highest BCUT2D eigenvalue weighted by Gasteiger charge is 2.09. The van der Waals surface area contributed by atoms with E-state index >= 15 is 0 Å². The molecule has 0 saturated carbocycles. The van der Waals surface area contributed by atoms with Crippen LogP contribution in [0.1, 0.15) is 15.9 Å². The van der Waals surface area contributed by atoms with E-state index in [4.69, 9.17) is 4.74 Å². The van der Waals surface area contributed by atoms with Crippen LogP contribution in [-0.2, 0) is 4.79 Å². The first-order chi connectivity index (χ1) is 9.65. The summed E-state index contributed by atoms with van der Waals surface area (Å²) in [6, 6.07) is 10.4. The summed E-state index contributed by atoms with van der Waals surface area (Å²) in [5.41, 5.74) is 1.39. The van der Waals surface area contributed by atoms with E-state index in [2.05, 4.69) is 10.3 Å². The van der Waals surface area contributed by atoms with Crippen LogP contribution in [0.3, 0.4) is 0 Å². The summed E-state index contributed by atoms with van der Waals surface area (Å²) in [5, 5.41) is 2.48. The van der Waals surface area contributed by atoms with Gasteiger partial charge in [0.2, 0.25) is 0 Å². The molecule has 0 unspecified atom stereocenters. The molecule has 0 spiro atoms. The molecule has 1 aromatic heterocycles. The van der Waals surface area contributed by atoms with Crippen LogP contribution in [0.2, 0.25) is 0 Å². The van der Waals surface area contributed by atoms with E-state index in [0.717, 1.165) is 5.56 Å². The lowest BCUT2D eigenvalue weighted by Gasteiger charge is -2.06. The lowest BCUT2D eigenvalue weighted by Crippen LogP contribution is -2.31. The van der Waals surface area contributed by atoms with E-state index < -0.39 is 5.97 Å². The first kappa shape index (κ1) is 13.7. The summed E-state index contributed by atoms with van der Waals surface area (Å²) < 4.78 is 5.11. The number of esters is 1. The normalized spacial score (nSPS) is 9.85. The van der Waals surface area contributed by atoms with Crippen molar-refractivity contribution in [2.24, 2.45) is 0 Å². The Morgan fingerprint density at radius 2 is 2.10 bits per heavy atom. The van der Waals surface area contributed by atoms with Gasteiger partial charge in [-0.1, -0.05) is 12.1 Å². The van der Waals surface area contributed by atoms with Crippen molar-refractivity contribution in [3.63, 3.8) is 0 Å². The number of aromatic nitrogens is 1. The van der Waals surface area contributed by atoms with Gasteiger partial charge in [0, 0.05) is 12.4 Å². The number of nitrogens with one attached hydrogen (secondary N) is 1. The molecule has 2 rings (SSSR count). The van der Waals surface area contributed by atoms with Gasteiger partial charge in [-0.25, -0.2) is 4.79 Å². The summed E-state index contributed by atoms with van der Waals surface area (Å²) in [6.45, 7) is 1.71. The SMILES string of the molecule is Cc1cccc(OC(=O)CNC(=O)c2cccnc2)c1. The number of nitrogens with zero attached hydrogens (tertiary/aromatic N) is 1. The minimum Gasteiger partial charge on any atom is -0.425 e. The number of hydrogen-bond donors (Lipinski definition) is 1. The van der Waals surface area contributed by atoms with Crippen molar-refractivity contribution in [1.82, 2.24) is 10.3 Å². The van der Waals surface area contributed by atoms with Gasteiger partial charge < -0.3 is 10.1 Å². The molecule has 102 valence electrons. The Hall–Kier alpha value is -2.69. The standard InChI is InChI=1S/C15H14N2O3/c1-11-4-2-6-13(8-11)20-14(18)10-17-15(19)12-5-3-7-16-9-12/h2-9H,10H2,1H3,(H,17,19). The third-order valence-electron chi connectivity index (χ3n) is 2.54. The first-order valence-electron chi connectivity index (χ1n) is 6.11. The summed E-state index contributed by atoms with van der Waals surface area (Å²) in [4.78, 5) is 27.1. The van der Waals surface area contributed by atoms with Crippen LogP contribution in [0, 0.1) is 6.92 Å². The number of ether oxygens (including phenoxy) is 1. The highest BCUT2D eigenvalue weighted by Crippen LogP contribution is 2.12. The van der Waals surface area contributed by atoms with Gasteiger partial charge in [-0.05, 0) is 36.8 Å². The maximum atomic E-state index is 11.7. The first-order valence-corrected chi connectivity index (χ1v) is 6.11. The topological polar surface area (TPSA) is 68.3 Å². The molecule has 1 amide bonds. The van der Waals surface area contributed by atoms with Crippen LogP contribution in [0.4, 0.5) is 0 Å². The molecular weight excluding hydrogens is 256 g/mol. The van der Waals surface area contributed by atoms with Gasteiger partial charge in [-0.15, -0.1) is 0 Å². The molecular formula is C15H14N2O3. The van der Waals surface area contributed by atoms with Crippen molar-refractivity contribution in [2.75, 3.05) is 6.54 Å². The Bertz CT molecular complexity index is 612. The monoisotopic (exact) mass is 270 g/mol. The smallest absolute Gasteiger partial charge is 0.330 e. The van der Waals surface area contributed by atoms with E-state index in [1.807, 2.05) is 13.0 Å². The zero-order valence-electron chi connectivity index (χ0n) is 11.0. The Balaban J connectivity index is 1.85. The second-order valence-electron chi connectivity index (χ2n) is 4.21. The summed E-state index contributed by atoms with van der Waals surface area (Å²) >= 11 is 0. The molecule has 0 fully saturated rings. The lowest BCUT2D eigenvalue weighted by atomic mass is 10.2. The molecule has 0 aliphatic heterocycles. The van der Waals surface area contributed by atoms with Crippen LogP contribution < -0.4 is 10.1 Å². The number of carbonyl (C=O) groups excluding carboxylic acids is 2. The molecule has 0 radical (unpaired) electrons. The Labute approximate surface area is 116 Å². The Morgan fingerprint density at radius 3 is 2.80 bits per heavy atom. The van der Waals surface area contributed by atoms with Crippen molar-refractivity contribution in [3.05, 3.63) is 59.9 Å². The second kappa shape index (κ2) is 6.47. The van der Waals surface area contributed by atoms with Crippen molar-refractivity contribution >= 4 is 11.9 Å². The molecule has 0 aliphatic rings. The van der Waals surface area contributed by atoms with Gasteiger partial charge in [0.25, 0.3) is 5.91 Å². The largest absolute Gasteiger partial charge is 0.425 e. The molecule has 0 atom stereocenters. The quantitative estimate of drug-likeness (QED) is 0.678. The van der Waals surface area contributed by atoms with Crippen LogP contribution in [0.5, 0.6) is 5.75 Å². The summed E-state index contributed by atoms with van der Waals surface area (Å²) in [7, 11) is 0. The molecule has 1 aromatic carbocycles. The van der Waals surface area contributed by atoms with Gasteiger partial charge in [-0.2, -0.15) is 0 Å². The number of benzene rings is 1. The van der Waals surface area contributed by atoms with Crippen LogP contribution in [0.15, 0.2) is 48.8 Å². The molecule has 20 heavy (non-hydrogen) atoms. The maximum Gasteiger partial charge on any atom is 0.330 e. The average molecular weight is 270 g/mol. The number of hydrogen-bond acceptors (Lipinski definition) is 4. The fourth-order valence-electron chi connectivity index (χ4n) is 1.60. The molecule has 2 aromatic rings. The van der Waals surface area contributed by atoms with Crippen molar-refractivity contribution < 1.29 is 14.3 Å². The van der Waals surface area contributed by atoms with Gasteiger partial charge in [-0.3, -0.25) is 9.78 Å². The predicted molar refractivity (Wildman–Crippen MR) is 73.4 cm³/mol. The number of carbonyl (C=O) groups is 2. The lowest BCUT2D eigenvalue weighted by molar-refractivity contribution is -0.133. The highest BCUT2D eigenvalue weighted by molar-refractivity contribution is 5.95. The minimum absolute atomic E-state index is 0.193. The Kier molecular flexibility index (Phi) is 4.44. The van der Waals surface area contributed by atoms with Gasteiger partial charge in [0.1, 0.15) is 12.3 Å². The zero-order chi connectivity index (χ0) is 14.4. The van der Waals surface area contributed by atoms with E-state index in [1.54, 1.807) is 36.5 Å². The van der Waals surface area contributed by atoms with Gasteiger partial charge >= 0.3 is 5.97 Å². The third-order valence-corrected chi connectivity index (χ3v) is 2.54. The fourth-order valence-corrected chi connectivity index (χ4v) is 1.60. The fraction of sp³-hybridized carbons (Fsp3) is 0.133. The molecule has 1 N–H and O–H groups in total. The van der Waals surface area contributed by atoms with E-state index in [1.165, 1.54) is 6.20 Å². The molecule has 5 heteroatoms. The average Bonchev–Trinajstić information content (AvgIpc) is 2.46. The third kappa shape index (κ3) is 3.91. The van der Waals surface area contributed by atoms with Crippen molar-refractivity contribution in [3.8, 4) is 5.75 Å². The van der Waals surface area contributed by atoms with Crippen LogP contribution in [0.25, 0.3) is 0 Å². The van der Waals surface area contributed by atoms with Crippen molar-refractivity contribution in [1.29, 1.82) is 0 Å². The predicted octanol–water partition coefficient (Wildman–Crippen LogP) is 1.73. The molecule has 0 saturated heterocycles. The zero-order valence-corrected chi connectivity index (χ0v) is 11.0. The number of aryl methyl sites for hydroxylation is 1. The molecule has 1 heterocycles. The molecule has 0 aliphatic carbocycles. The number of rotatable bonds is 4. The van der Waals surface area contributed by atoms with E-state index in [0.29, 0.717) is 11.3 Å². The van der Waals surface area contributed by atoms with Crippen LogP contribution >= 0.6 is 0 Å². The van der Waals surface area contributed by atoms with Crippen LogP contribution in [-0.4, -0.2) is 23.4 Å². The Morgan fingerprint density at radius 1 is 1.25 bits per heavy atom. The number of amides is 1. The summed E-state index contributed by atoms with van der Waals surface area (Å²) in [5.74, 6) is -0.419. The maximum absolute atomic E-state index is 11.7.